The van der Waals surface area contributed by atoms with Crippen molar-refractivity contribution in [2.24, 2.45) is 0 Å². The van der Waals surface area contributed by atoms with Gasteiger partial charge in [0.2, 0.25) is 0 Å². The van der Waals surface area contributed by atoms with Gasteiger partial charge in [0, 0.05) is 5.56 Å². The van der Waals surface area contributed by atoms with Gasteiger partial charge in [-0.15, -0.1) is 0 Å². The lowest BCUT2D eigenvalue weighted by molar-refractivity contribution is -0.182. The molecule has 0 aliphatic carbocycles. The number of hydrogen-bond donors (Lipinski definition) is 2. The van der Waals surface area contributed by atoms with Crippen molar-refractivity contribution in [1.29, 1.82) is 0 Å². The van der Waals surface area contributed by atoms with Crippen LogP contribution in [0.25, 0.3) is 0 Å². The Morgan fingerprint density at radius 3 is 1.88 bits per heavy atom. The minimum atomic E-state index is -4.37. The summed E-state index contributed by atoms with van der Waals surface area (Å²) in [7, 11) is 0. The first kappa shape index (κ1) is 13.4. The van der Waals surface area contributed by atoms with Crippen LogP contribution in [0, 0.1) is 0 Å². The Hall–Kier alpha value is -1.63. The lowest BCUT2D eigenvalue weighted by Crippen LogP contribution is -2.35. The lowest BCUT2D eigenvalue weighted by atomic mass is 10.0. The fourth-order valence-corrected chi connectivity index (χ4v) is 1.15. The molecule has 1 aromatic rings. The van der Waals surface area contributed by atoms with E-state index < -0.39 is 35.5 Å². The van der Waals surface area contributed by atoms with E-state index in [0.29, 0.717) is 0 Å². The topological polar surface area (TPSA) is 57.5 Å². The van der Waals surface area contributed by atoms with Crippen molar-refractivity contribution in [2.75, 3.05) is 0 Å². The highest BCUT2D eigenvalue weighted by Crippen LogP contribution is 2.32. The molecule has 0 aromatic heterocycles. The van der Waals surface area contributed by atoms with Gasteiger partial charge in [0.05, 0.1) is 0 Å². The zero-order valence-corrected chi connectivity index (χ0v) is 8.28. The number of benzene rings is 1. The first-order valence-electron chi connectivity index (χ1n) is 4.44. The van der Waals surface area contributed by atoms with Crippen LogP contribution in [0.3, 0.4) is 0 Å². The largest absolute Gasteiger partial charge is 0.477 e. The van der Waals surface area contributed by atoms with Crippen LogP contribution in [0.15, 0.2) is 24.3 Å². The fourth-order valence-electron chi connectivity index (χ4n) is 1.15. The maximum Gasteiger partial charge on any atom is 0.377 e. The molecule has 94 valence electrons. The van der Waals surface area contributed by atoms with E-state index in [1.54, 1.807) is 0 Å². The Kier molecular flexibility index (Phi) is 3.72. The molecule has 0 saturated heterocycles. The molecule has 0 fully saturated rings. The number of rotatable bonds is 4. The Bertz CT molecular complexity index is 403. The van der Waals surface area contributed by atoms with Gasteiger partial charge in [0.25, 0.3) is 6.43 Å². The highest BCUT2D eigenvalue weighted by atomic mass is 19.3. The third-order valence-corrected chi connectivity index (χ3v) is 2.13. The molecule has 0 aliphatic rings. The van der Waals surface area contributed by atoms with Gasteiger partial charge in [-0.2, -0.15) is 8.78 Å². The number of aliphatic hydroxyl groups is 1. The molecule has 1 aromatic carbocycles. The predicted molar refractivity (Wildman–Crippen MR) is 48.9 cm³/mol. The van der Waals surface area contributed by atoms with Crippen LogP contribution in [-0.4, -0.2) is 22.1 Å². The number of carboxylic acids is 1. The van der Waals surface area contributed by atoms with E-state index in [0.717, 1.165) is 24.3 Å². The van der Waals surface area contributed by atoms with Gasteiger partial charge in [0.15, 0.2) is 6.10 Å². The summed E-state index contributed by atoms with van der Waals surface area (Å²) in [6.45, 7) is 0. The van der Waals surface area contributed by atoms with Gasteiger partial charge < -0.3 is 10.2 Å². The van der Waals surface area contributed by atoms with E-state index in [4.69, 9.17) is 10.2 Å². The zero-order valence-electron chi connectivity index (χ0n) is 8.28. The molecule has 0 radical (unpaired) electrons. The third kappa shape index (κ3) is 2.73. The second kappa shape index (κ2) is 4.70. The van der Waals surface area contributed by atoms with E-state index in [9.17, 15) is 22.4 Å². The van der Waals surface area contributed by atoms with Crippen LogP contribution in [0.5, 0.6) is 0 Å². The molecule has 2 N–H and O–H groups in total. The van der Waals surface area contributed by atoms with Crippen LogP contribution in [0.2, 0.25) is 0 Å². The van der Waals surface area contributed by atoms with Crippen LogP contribution in [-0.2, 0) is 4.79 Å². The van der Waals surface area contributed by atoms with Crippen LogP contribution >= 0.6 is 0 Å². The van der Waals surface area contributed by atoms with Gasteiger partial charge in [-0.1, -0.05) is 24.3 Å². The van der Waals surface area contributed by atoms with Crippen LogP contribution in [0.4, 0.5) is 17.6 Å². The van der Waals surface area contributed by atoms with Crippen molar-refractivity contribution in [1.82, 2.24) is 0 Å². The average molecular weight is 252 g/mol. The van der Waals surface area contributed by atoms with Gasteiger partial charge in [-0.3, -0.25) is 0 Å². The third-order valence-electron chi connectivity index (χ3n) is 2.13. The molecular weight excluding hydrogens is 244 g/mol. The first-order chi connectivity index (χ1) is 7.76. The molecule has 17 heavy (non-hydrogen) atoms. The molecule has 7 heteroatoms. The predicted octanol–water partition coefficient (Wildman–Crippen LogP) is 2.38. The minimum Gasteiger partial charge on any atom is -0.477 e. The molecule has 1 rings (SSSR count). The Labute approximate surface area is 93.3 Å². The van der Waals surface area contributed by atoms with Gasteiger partial charge >= 0.3 is 11.9 Å². The van der Waals surface area contributed by atoms with Crippen molar-refractivity contribution < 1.29 is 32.6 Å². The summed E-state index contributed by atoms with van der Waals surface area (Å²) in [5.41, 5.74) is -0.846. The van der Waals surface area contributed by atoms with E-state index >= 15 is 0 Å². The van der Waals surface area contributed by atoms with E-state index in [1.807, 2.05) is 0 Å². The Balaban J connectivity index is 2.98. The van der Waals surface area contributed by atoms with Crippen molar-refractivity contribution in [3.63, 3.8) is 0 Å². The molecule has 0 aliphatic heterocycles. The fraction of sp³-hybridized carbons (Fsp3) is 0.300. The first-order valence-corrected chi connectivity index (χ1v) is 4.44. The second-order valence-electron chi connectivity index (χ2n) is 3.30. The summed E-state index contributed by atoms with van der Waals surface area (Å²) in [4.78, 5) is 10.2. The van der Waals surface area contributed by atoms with Crippen molar-refractivity contribution in [3.05, 3.63) is 35.4 Å². The summed E-state index contributed by atoms with van der Waals surface area (Å²) < 4.78 is 50.1. The van der Waals surface area contributed by atoms with Gasteiger partial charge in [-0.05, 0) is 5.56 Å². The molecule has 1 unspecified atom stereocenters. The average Bonchev–Trinajstić information content (AvgIpc) is 2.27. The quantitative estimate of drug-likeness (QED) is 0.809. The molecule has 0 heterocycles. The van der Waals surface area contributed by atoms with Crippen LogP contribution < -0.4 is 0 Å². The number of alkyl halides is 4. The summed E-state index contributed by atoms with van der Waals surface area (Å²) in [5.74, 6) is -6.85. The minimum absolute atomic E-state index is 0.403. The van der Waals surface area contributed by atoms with Crippen LogP contribution in [0.1, 0.15) is 23.7 Å². The zero-order chi connectivity index (χ0) is 13.2. The number of carbonyl (C=O) groups is 1. The second-order valence-corrected chi connectivity index (χ2v) is 3.30. The van der Waals surface area contributed by atoms with Crippen molar-refractivity contribution >= 4 is 5.97 Å². The number of aliphatic hydroxyl groups excluding tert-OH is 1. The molecule has 1 atom stereocenters. The maximum absolute atomic E-state index is 12.9. The highest BCUT2D eigenvalue weighted by Gasteiger charge is 2.47. The monoisotopic (exact) mass is 252 g/mol. The number of carboxylic acid groups (broad SMARTS) is 1. The SMILES string of the molecule is O=C(O)C(F)(F)C(O)c1ccc(C(F)F)cc1. The molecule has 0 amide bonds. The normalized spacial score (nSPS) is 13.8. The summed E-state index contributed by atoms with van der Waals surface area (Å²) in [6, 6.07) is 3.37. The van der Waals surface area contributed by atoms with E-state index in [1.165, 1.54) is 0 Å². The number of halogens is 4. The number of aliphatic carboxylic acids is 1. The van der Waals surface area contributed by atoms with E-state index in [2.05, 4.69) is 0 Å². The summed E-state index contributed by atoms with van der Waals surface area (Å²) in [5, 5.41) is 17.3. The van der Waals surface area contributed by atoms with Crippen molar-refractivity contribution in [3.8, 4) is 0 Å². The highest BCUT2D eigenvalue weighted by molar-refractivity contribution is 5.76. The van der Waals surface area contributed by atoms with Gasteiger partial charge in [-0.25, -0.2) is 13.6 Å². The molecule has 0 spiro atoms. The lowest BCUT2D eigenvalue weighted by Gasteiger charge is -2.18. The molecule has 0 bridgehead atoms. The van der Waals surface area contributed by atoms with Gasteiger partial charge in [0.1, 0.15) is 0 Å². The molecule has 3 nitrogen and oxygen atoms in total. The Morgan fingerprint density at radius 1 is 1.12 bits per heavy atom. The van der Waals surface area contributed by atoms with E-state index in [-0.39, 0.29) is 0 Å². The smallest absolute Gasteiger partial charge is 0.377 e. The molecular formula is C10H8F4O3. The Morgan fingerprint density at radius 2 is 1.53 bits per heavy atom. The summed E-state index contributed by atoms with van der Waals surface area (Å²) in [6.07, 6.45) is -5.34. The number of hydrogen-bond acceptors (Lipinski definition) is 2. The molecule has 0 saturated carbocycles. The standard InChI is InChI=1S/C10H8F4O3/c11-8(12)6-3-1-5(2-4-6)7(15)10(13,14)9(16)17/h1-4,7-8,15H,(H,16,17). The van der Waals surface area contributed by atoms with Crippen molar-refractivity contribution in [2.45, 2.75) is 18.5 Å². The summed E-state index contributed by atoms with van der Waals surface area (Å²) >= 11 is 0. The maximum atomic E-state index is 12.9.